The quantitative estimate of drug-likeness (QED) is 0.475. The summed E-state index contributed by atoms with van der Waals surface area (Å²) >= 11 is 0. The Morgan fingerprint density at radius 2 is 2.24 bits per heavy atom. The Labute approximate surface area is 158 Å². The molecule has 2 N–H and O–H groups in total. The minimum atomic E-state index is 0. The molecule has 0 aromatic carbocycles. The Balaban J connectivity index is 0.00000161. The molecule has 0 aliphatic heterocycles. The Kier molecular flexibility index (Phi) is 6.38. The number of aliphatic imine (C=N–C) groups is 1. The average molecular weight is 408 g/mol. The summed E-state index contributed by atoms with van der Waals surface area (Å²) in [5.41, 5.74) is 10.5. The molecular formula is C16H18CeN3O-. The first kappa shape index (κ1) is 16.6. The molecule has 1 heterocycles. The molecular weight excluding hydrogens is 390 g/mol. The summed E-state index contributed by atoms with van der Waals surface area (Å²) < 4.78 is 4.76. The van der Waals surface area contributed by atoms with Crippen molar-refractivity contribution >= 4 is 5.84 Å². The molecule has 21 heavy (non-hydrogen) atoms. The van der Waals surface area contributed by atoms with E-state index in [2.05, 4.69) is 28.4 Å². The van der Waals surface area contributed by atoms with Crippen LogP contribution in [0.25, 0.3) is 0 Å². The SMILES string of the molecule is NC(=NCC1=[C-]C2=C(CC=C1)CCCC2)c1ccon1.[Ce]. The van der Waals surface area contributed by atoms with Crippen LogP contribution in [-0.2, 0) is 0 Å². The molecule has 0 saturated carbocycles. The zero-order chi connectivity index (χ0) is 13.8. The zero-order valence-corrected chi connectivity index (χ0v) is 15.1. The van der Waals surface area contributed by atoms with Crippen LogP contribution in [0.5, 0.6) is 0 Å². The Hall–Kier alpha value is -0.723. The third-order valence-electron chi connectivity index (χ3n) is 3.70. The molecule has 3 rings (SSSR count). The largest absolute Gasteiger partial charge is 0.382 e. The fourth-order valence-electron chi connectivity index (χ4n) is 2.61. The molecule has 0 fully saturated rings. The van der Waals surface area contributed by atoms with Crippen molar-refractivity contribution in [2.24, 2.45) is 10.7 Å². The van der Waals surface area contributed by atoms with E-state index in [-0.39, 0.29) is 41.7 Å². The second kappa shape index (κ2) is 8.05. The van der Waals surface area contributed by atoms with Gasteiger partial charge in [0, 0.05) is 54.4 Å². The molecule has 2 aliphatic carbocycles. The Morgan fingerprint density at radius 3 is 3.05 bits per heavy atom. The molecule has 0 atom stereocenters. The first-order chi connectivity index (χ1) is 9.83. The normalized spacial score (nSPS) is 18.7. The number of hydrogen-bond acceptors (Lipinski definition) is 3. The van der Waals surface area contributed by atoms with Crippen molar-refractivity contribution in [1.82, 2.24) is 5.16 Å². The molecule has 0 spiro atoms. The summed E-state index contributed by atoms with van der Waals surface area (Å²) in [6, 6.07) is 1.71. The summed E-state index contributed by atoms with van der Waals surface area (Å²) in [5, 5.41) is 3.78. The molecule has 108 valence electrons. The van der Waals surface area contributed by atoms with E-state index in [1.54, 1.807) is 6.07 Å². The molecule has 0 radical (unpaired) electrons. The molecule has 0 amide bonds. The summed E-state index contributed by atoms with van der Waals surface area (Å²) in [5.74, 6) is 0.406. The predicted octanol–water partition coefficient (Wildman–Crippen LogP) is 2.94. The number of amidine groups is 1. The predicted molar refractivity (Wildman–Crippen MR) is 78.1 cm³/mol. The maximum absolute atomic E-state index is 5.88. The maximum atomic E-state index is 5.88. The van der Waals surface area contributed by atoms with E-state index in [0.717, 1.165) is 18.4 Å². The minimum Gasteiger partial charge on any atom is -0.382 e. The smallest absolute Gasteiger partial charge is 0.148 e. The van der Waals surface area contributed by atoms with Crippen molar-refractivity contribution in [2.75, 3.05) is 6.54 Å². The van der Waals surface area contributed by atoms with Gasteiger partial charge >= 0.3 is 0 Å². The average Bonchev–Trinajstić information content (AvgIpc) is 2.92. The van der Waals surface area contributed by atoms with Crippen molar-refractivity contribution in [3.63, 3.8) is 0 Å². The molecule has 5 heteroatoms. The maximum Gasteiger partial charge on any atom is 0.148 e. The topological polar surface area (TPSA) is 64.4 Å². The number of nitrogens with two attached hydrogens (primary N) is 1. The van der Waals surface area contributed by atoms with Crippen LogP contribution in [0, 0.1) is 47.8 Å². The number of hydrogen-bond donors (Lipinski definition) is 1. The van der Waals surface area contributed by atoms with Gasteiger partial charge in [-0.3, -0.25) is 4.99 Å². The summed E-state index contributed by atoms with van der Waals surface area (Å²) in [7, 11) is 0. The Morgan fingerprint density at radius 1 is 1.38 bits per heavy atom. The van der Waals surface area contributed by atoms with Crippen LogP contribution in [0.3, 0.4) is 0 Å². The van der Waals surface area contributed by atoms with E-state index in [0.29, 0.717) is 18.1 Å². The summed E-state index contributed by atoms with van der Waals surface area (Å²) in [4.78, 5) is 4.37. The van der Waals surface area contributed by atoms with Gasteiger partial charge in [-0.2, -0.15) is 23.3 Å². The zero-order valence-electron chi connectivity index (χ0n) is 11.9. The van der Waals surface area contributed by atoms with E-state index in [9.17, 15) is 0 Å². The molecule has 0 unspecified atom stereocenters. The van der Waals surface area contributed by atoms with E-state index < -0.39 is 0 Å². The van der Waals surface area contributed by atoms with Crippen molar-refractivity contribution < 1.29 is 46.3 Å². The van der Waals surface area contributed by atoms with Crippen molar-refractivity contribution in [3.05, 3.63) is 53.0 Å². The first-order valence-corrected chi connectivity index (χ1v) is 7.04. The number of rotatable bonds is 3. The van der Waals surface area contributed by atoms with Gasteiger partial charge in [-0.1, -0.05) is 37.3 Å². The van der Waals surface area contributed by atoms with Crippen LogP contribution in [0.15, 0.2) is 50.7 Å². The van der Waals surface area contributed by atoms with Gasteiger partial charge in [0.05, 0.1) is 0 Å². The van der Waals surface area contributed by atoms with Gasteiger partial charge in [-0.05, 0) is 0 Å². The van der Waals surface area contributed by atoms with Crippen LogP contribution in [-0.4, -0.2) is 17.5 Å². The van der Waals surface area contributed by atoms with Gasteiger partial charge in [0.25, 0.3) is 0 Å². The van der Waals surface area contributed by atoms with Crippen LogP contribution in [0.2, 0.25) is 0 Å². The van der Waals surface area contributed by atoms with Crippen LogP contribution < -0.4 is 5.73 Å². The fourth-order valence-corrected chi connectivity index (χ4v) is 2.61. The molecule has 2 aliphatic rings. The molecule has 0 saturated heterocycles. The molecule has 1 aromatic heterocycles. The van der Waals surface area contributed by atoms with Crippen molar-refractivity contribution in [2.45, 2.75) is 32.1 Å². The third-order valence-corrected chi connectivity index (χ3v) is 3.70. The van der Waals surface area contributed by atoms with Gasteiger partial charge in [-0.15, -0.1) is 11.6 Å². The van der Waals surface area contributed by atoms with Crippen LogP contribution in [0.4, 0.5) is 0 Å². The Bertz CT molecular complexity index is 597. The van der Waals surface area contributed by atoms with E-state index in [1.807, 2.05) is 0 Å². The summed E-state index contributed by atoms with van der Waals surface area (Å²) in [6.07, 6.45) is 15.3. The molecule has 0 bridgehead atoms. The fraction of sp³-hybridized carbons (Fsp3) is 0.375. The molecule has 1 aromatic rings. The molecule has 4 nitrogen and oxygen atoms in total. The van der Waals surface area contributed by atoms with Gasteiger partial charge in [0.15, 0.2) is 0 Å². The second-order valence-electron chi connectivity index (χ2n) is 5.13. The van der Waals surface area contributed by atoms with E-state index in [1.165, 1.54) is 36.7 Å². The number of allylic oxidation sites excluding steroid dienone is 4. The number of aromatic nitrogens is 1. The van der Waals surface area contributed by atoms with Gasteiger partial charge in [0.2, 0.25) is 0 Å². The van der Waals surface area contributed by atoms with Crippen LogP contribution >= 0.6 is 0 Å². The van der Waals surface area contributed by atoms with E-state index >= 15 is 0 Å². The van der Waals surface area contributed by atoms with E-state index in [4.69, 9.17) is 10.3 Å². The van der Waals surface area contributed by atoms with Gasteiger partial charge in [0.1, 0.15) is 17.8 Å². The van der Waals surface area contributed by atoms with Gasteiger partial charge in [-0.25, -0.2) is 0 Å². The summed E-state index contributed by atoms with van der Waals surface area (Å²) in [6.45, 7) is 0.534. The minimum absolute atomic E-state index is 0. The number of nitrogens with zero attached hydrogens (tertiary/aromatic N) is 2. The van der Waals surface area contributed by atoms with Gasteiger partial charge < -0.3 is 10.3 Å². The van der Waals surface area contributed by atoms with Crippen LogP contribution in [0.1, 0.15) is 37.8 Å². The van der Waals surface area contributed by atoms with Crippen molar-refractivity contribution in [3.8, 4) is 0 Å². The monoisotopic (exact) mass is 408 g/mol. The first-order valence-electron chi connectivity index (χ1n) is 7.04. The standard InChI is InChI=1S/C16H18N3O.Ce/c17-16(15-8-9-20-19-15)18-11-12-4-3-7-13-5-1-2-6-14(13)10-12;/h3-4,8-9H,1-2,5-7,11H2,(H2,17,18);/q-1;. The third kappa shape index (κ3) is 4.37. The second-order valence-corrected chi connectivity index (χ2v) is 5.13. The van der Waals surface area contributed by atoms with Crippen molar-refractivity contribution in [1.29, 1.82) is 0 Å².